The number of esters is 1. The van der Waals surface area contributed by atoms with Crippen LogP contribution in [0.15, 0.2) is 29.2 Å². The van der Waals surface area contributed by atoms with Crippen molar-refractivity contribution in [2.75, 3.05) is 17.7 Å². The average Bonchev–Trinajstić information content (AvgIpc) is 2.98. The molecule has 5 nitrogen and oxygen atoms in total. The van der Waals surface area contributed by atoms with E-state index in [9.17, 15) is 9.59 Å². The zero-order chi connectivity index (χ0) is 20.3. The Balaban J connectivity index is 1.80. The van der Waals surface area contributed by atoms with E-state index in [0.29, 0.717) is 28.8 Å². The number of amides is 1. The van der Waals surface area contributed by atoms with Gasteiger partial charge in [-0.2, -0.15) is 0 Å². The van der Waals surface area contributed by atoms with Gasteiger partial charge in [0, 0.05) is 15.5 Å². The fourth-order valence-corrected chi connectivity index (χ4v) is 5.65. The van der Waals surface area contributed by atoms with Crippen LogP contribution in [0.4, 0.5) is 10.7 Å². The van der Waals surface area contributed by atoms with Crippen LogP contribution < -0.4 is 11.1 Å². The van der Waals surface area contributed by atoms with Gasteiger partial charge in [0.05, 0.1) is 17.4 Å². The zero-order valence-corrected chi connectivity index (χ0v) is 18.0. The molecule has 2 atom stereocenters. The Hall–Kier alpha value is -1.99. The fourth-order valence-electron chi connectivity index (χ4n) is 3.32. The molecular weight excluding hydrogens is 392 g/mol. The van der Waals surface area contributed by atoms with Crippen LogP contribution >= 0.6 is 23.1 Å². The van der Waals surface area contributed by atoms with Gasteiger partial charge < -0.3 is 15.8 Å². The van der Waals surface area contributed by atoms with Crippen LogP contribution in [-0.4, -0.2) is 23.7 Å². The lowest BCUT2D eigenvalue weighted by atomic mass is 9.88. The summed E-state index contributed by atoms with van der Waals surface area (Å²) in [6.45, 7) is 6.17. The molecule has 3 N–H and O–H groups in total. The third-order valence-corrected chi connectivity index (χ3v) is 7.03. The fraction of sp³-hybridized carbons (Fsp3) is 0.429. The largest absolute Gasteiger partial charge is 0.462 e. The Morgan fingerprint density at radius 2 is 2.21 bits per heavy atom. The van der Waals surface area contributed by atoms with E-state index in [1.165, 1.54) is 28.0 Å². The Labute approximate surface area is 174 Å². The number of hydrogen-bond donors (Lipinski definition) is 2. The molecule has 1 aromatic carbocycles. The summed E-state index contributed by atoms with van der Waals surface area (Å²) in [5.41, 5.74) is 8.08. The number of carbonyl (C=O) groups excluding carboxylic acids is 2. The van der Waals surface area contributed by atoms with Crippen molar-refractivity contribution in [2.45, 2.75) is 50.2 Å². The summed E-state index contributed by atoms with van der Waals surface area (Å²) in [4.78, 5) is 27.5. The van der Waals surface area contributed by atoms with Gasteiger partial charge in [-0.15, -0.1) is 23.1 Å². The lowest BCUT2D eigenvalue weighted by Crippen LogP contribution is -2.23. The average molecular weight is 419 g/mol. The number of carbonyl (C=O) groups is 2. The van der Waals surface area contributed by atoms with Crippen molar-refractivity contribution in [3.63, 3.8) is 0 Å². The van der Waals surface area contributed by atoms with E-state index in [1.807, 2.05) is 31.2 Å². The molecule has 1 heterocycles. The molecule has 28 heavy (non-hydrogen) atoms. The number of nitrogens with one attached hydrogen (secondary N) is 1. The number of nitrogen functional groups attached to an aromatic ring is 1. The second kappa shape index (κ2) is 9.01. The lowest BCUT2D eigenvalue weighted by molar-refractivity contribution is -0.115. The summed E-state index contributed by atoms with van der Waals surface area (Å²) < 4.78 is 5.27. The van der Waals surface area contributed by atoms with E-state index in [1.54, 1.807) is 6.92 Å². The van der Waals surface area contributed by atoms with Crippen LogP contribution in [0, 0.1) is 5.92 Å². The van der Waals surface area contributed by atoms with Gasteiger partial charge in [-0.25, -0.2) is 4.79 Å². The Kier molecular flexibility index (Phi) is 6.67. The maximum atomic E-state index is 12.8. The number of hydrogen-bond acceptors (Lipinski definition) is 6. The molecule has 0 spiro atoms. The first-order valence-corrected chi connectivity index (χ1v) is 11.2. The van der Waals surface area contributed by atoms with Crippen molar-refractivity contribution in [3.8, 4) is 0 Å². The summed E-state index contributed by atoms with van der Waals surface area (Å²) in [5, 5.41) is 3.27. The van der Waals surface area contributed by atoms with Gasteiger partial charge in [-0.3, -0.25) is 4.79 Å². The van der Waals surface area contributed by atoms with E-state index in [0.717, 1.165) is 29.7 Å². The second-order valence-corrected chi connectivity index (χ2v) is 9.62. The molecule has 7 heteroatoms. The molecule has 0 fully saturated rings. The van der Waals surface area contributed by atoms with E-state index in [2.05, 4.69) is 12.2 Å². The summed E-state index contributed by atoms with van der Waals surface area (Å²) in [6, 6.07) is 7.47. The van der Waals surface area contributed by atoms with Crippen molar-refractivity contribution in [2.24, 2.45) is 5.92 Å². The molecule has 1 aromatic heterocycles. The Morgan fingerprint density at radius 1 is 1.43 bits per heavy atom. The minimum atomic E-state index is -0.346. The first-order valence-electron chi connectivity index (χ1n) is 9.53. The molecule has 150 valence electrons. The molecular formula is C21H26N2O3S2. The Bertz CT molecular complexity index is 879. The summed E-state index contributed by atoms with van der Waals surface area (Å²) >= 11 is 2.95. The second-order valence-electron chi connectivity index (χ2n) is 7.10. The monoisotopic (exact) mass is 418 g/mol. The van der Waals surface area contributed by atoms with Crippen LogP contribution in [0.2, 0.25) is 0 Å². The molecule has 2 unspecified atom stereocenters. The first kappa shape index (κ1) is 20.7. The number of rotatable bonds is 6. The number of thioether (sulfide) groups is 1. The van der Waals surface area contributed by atoms with E-state index < -0.39 is 0 Å². The molecule has 0 saturated carbocycles. The molecule has 0 aliphatic heterocycles. The first-order chi connectivity index (χ1) is 13.4. The summed E-state index contributed by atoms with van der Waals surface area (Å²) in [5.74, 6) is 0.105. The van der Waals surface area contributed by atoms with E-state index in [-0.39, 0.29) is 17.1 Å². The molecule has 2 aromatic rings. The lowest BCUT2D eigenvalue weighted by Gasteiger charge is -2.18. The van der Waals surface area contributed by atoms with E-state index in [4.69, 9.17) is 10.5 Å². The van der Waals surface area contributed by atoms with Crippen LogP contribution in [0.3, 0.4) is 0 Å². The van der Waals surface area contributed by atoms with Crippen molar-refractivity contribution in [1.29, 1.82) is 0 Å². The molecule has 1 aliphatic carbocycles. The van der Waals surface area contributed by atoms with Gasteiger partial charge in [0.15, 0.2) is 0 Å². The highest BCUT2D eigenvalue weighted by Crippen LogP contribution is 2.40. The SMILES string of the molecule is CCOC(=O)c1c(NC(=O)C(C)Sc2cccc(N)c2)sc2c1CCC(C)C2. The molecule has 3 rings (SSSR count). The van der Waals surface area contributed by atoms with Crippen LogP contribution in [0.1, 0.15) is 48.0 Å². The third-order valence-electron chi connectivity index (χ3n) is 4.77. The molecule has 0 radical (unpaired) electrons. The molecule has 0 saturated heterocycles. The van der Waals surface area contributed by atoms with Crippen molar-refractivity contribution in [3.05, 3.63) is 40.3 Å². The standard InChI is InChI=1S/C21H26N2O3S2/c1-4-26-21(25)18-16-9-8-12(2)10-17(16)28-20(18)23-19(24)13(3)27-15-7-5-6-14(22)11-15/h5-7,11-13H,4,8-10,22H2,1-3H3,(H,23,24). The highest BCUT2D eigenvalue weighted by molar-refractivity contribution is 8.00. The molecule has 1 aliphatic rings. The highest BCUT2D eigenvalue weighted by atomic mass is 32.2. The minimum absolute atomic E-state index is 0.135. The smallest absolute Gasteiger partial charge is 0.341 e. The number of ether oxygens (including phenoxy) is 1. The summed E-state index contributed by atoms with van der Waals surface area (Å²) in [7, 11) is 0. The maximum Gasteiger partial charge on any atom is 0.341 e. The van der Waals surface area contributed by atoms with Gasteiger partial charge in [0.1, 0.15) is 5.00 Å². The maximum absolute atomic E-state index is 12.8. The quantitative estimate of drug-likeness (QED) is 0.402. The van der Waals surface area contributed by atoms with Crippen molar-refractivity contribution in [1.82, 2.24) is 0 Å². The predicted octanol–water partition coefficient (Wildman–Crippen LogP) is 4.75. The van der Waals surface area contributed by atoms with Gasteiger partial charge in [0.2, 0.25) is 5.91 Å². The number of thiophene rings is 1. The van der Waals surface area contributed by atoms with Crippen molar-refractivity contribution >= 4 is 45.7 Å². The third kappa shape index (κ3) is 4.70. The molecule has 0 bridgehead atoms. The summed E-state index contributed by atoms with van der Waals surface area (Å²) in [6.07, 6.45) is 2.84. The van der Waals surface area contributed by atoms with Gasteiger partial charge in [0.25, 0.3) is 0 Å². The van der Waals surface area contributed by atoms with Gasteiger partial charge in [-0.1, -0.05) is 13.0 Å². The zero-order valence-electron chi connectivity index (χ0n) is 16.4. The van der Waals surface area contributed by atoms with Gasteiger partial charge in [-0.05, 0) is 62.8 Å². The number of anilines is 2. The predicted molar refractivity (Wildman–Crippen MR) is 116 cm³/mol. The van der Waals surface area contributed by atoms with Crippen LogP contribution in [0.25, 0.3) is 0 Å². The Morgan fingerprint density at radius 3 is 2.93 bits per heavy atom. The number of nitrogens with two attached hydrogens (primary N) is 1. The minimum Gasteiger partial charge on any atom is -0.462 e. The van der Waals surface area contributed by atoms with E-state index >= 15 is 0 Å². The number of benzene rings is 1. The highest BCUT2D eigenvalue weighted by Gasteiger charge is 2.29. The van der Waals surface area contributed by atoms with Gasteiger partial charge >= 0.3 is 5.97 Å². The normalized spacial score (nSPS) is 16.9. The number of fused-ring (bicyclic) bond motifs is 1. The molecule has 1 amide bonds. The topological polar surface area (TPSA) is 81.4 Å². The van der Waals surface area contributed by atoms with Crippen LogP contribution in [-0.2, 0) is 22.4 Å². The van der Waals surface area contributed by atoms with Crippen molar-refractivity contribution < 1.29 is 14.3 Å². The van der Waals surface area contributed by atoms with Crippen LogP contribution in [0.5, 0.6) is 0 Å².